The molecule has 1 aromatic carbocycles. The third-order valence-electron chi connectivity index (χ3n) is 4.20. The van der Waals surface area contributed by atoms with E-state index in [1.807, 2.05) is 0 Å². The summed E-state index contributed by atoms with van der Waals surface area (Å²) in [6.45, 7) is 2.33. The number of fused-ring (bicyclic) bond motifs is 1. The molecule has 1 spiro atoms. The molecule has 1 aromatic rings. The molecule has 17 heavy (non-hydrogen) atoms. The van der Waals surface area contributed by atoms with Crippen LogP contribution in [0.25, 0.3) is 0 Å². The first-order chi connectivity index (χ1) is 8.26. The van der Waals surface area contributed by atoms with E-state index in [9.17, 15) is 0 Å². The number of nitrogens with one attached hydrogen (secondary N) is 1. The van der Waals surface area contributed by atoms with Gasteiger partial charge in [0.2, 0.25) is 0 Å². The summed E-state index contributed by atoms with van der Waals surface area (Å²) in [7, 11) is 3.40. The maximum absolute atomic E-state index is 5.38. The van der Waals surface area contributed by atoms with Gasteiger partial charge in [0.1, 0.15) is 0 Å². The van der Waals surface area contributed by atoms with Crippen LogP contribution in [0, 0.1) is 5.41 Å². The highest BCUT2D eigenvalue weighted by Crippen LogP contribution is 2.42. The Balaban J connectivity index is 1.96. The second kappa shape index (κ2) is 3.91. The van der Waals surface area contributed by atoms with Crippen molar-refractivity contribution < 1.29 is 9.47 Å². The Hall–Kier alpha value is -1.22. The summed E-state index contributed by atoms with van der Waals surface area (Å²) in [4.78, 5) is 0. The zero-order valence-electron chi connectivity index (χ0n) is 10.5. The van der Waals surface area contributed by atoms with Crippen molar-refractivity contribution >= 4 is 0 Å². The Morgan fingerprint density at radius 1 is 1.06 bits per heavy atom. The number of aryl methyl sites for hydroxylation is 1. The maximum Gasteiger partial charge on any atom is 0.161 e. The molecule has 0 unspecified atom stereocenters. The van der Waals surface area contributed by atoms with Crippen molar-refractivity contribution in [2.45, 2.75) is 19.3 Å². The van der Waals surface area contributed by atoms with Gasteiger partial charge in [-0.3, -0.25) is 0 Å². The largest absolute Gasteiger partial charge is 0.493 e. The zero-order chi connectivity index (χ0) is 11.9. The molecule has 0 saturated carbocycles. The van der Waals surface area contributed by atoms with Crippen LogP contribution in [0.2, 0.25) is 0 Å². The van der Waals surface area contributed by atoms with Crippen LogP contribution in [0.4, 0.5) is 0 Å². The standard InChI is InChI=1S/C14H19NO2/c1-16-12-5-10-3-4-14(8-15-9-14)7-11(10)6-13(12)17-2/h5-6,15H,3-4,7-9H2,1-2H3. The third kappa shape index (κ3) is 1.69. The summed E-state index contributed by atoms with van der Waals surface area (Å²) >= 11 is 0. The Kier molecular flexibility index (Phi) is 2.51. The lowest BCUT2D eigenvalue weighted by Gasteiger charge is -2.46. The van der Waals surface area contributed by atoms with E-state index in [4.69, 9.17) is 9.47 Å². The average molecular weight is 233 g/mol. The first-order valence-corrected chi connectivity index (χ1v) is 6.21. The van der Waals surface area contributed by atoms with Gasteiger partial charge < -0.3 is 14.8 Å². The Bertz CT molecular complexity index is 438. The zero-order valence-corrected chi connectivity index (χ0v) is 10.5. The Morgan fingerprint density at radius 2 is 1.71 bits per heavy atom. The first-order valence-electron chi connectivity index (χ1n) is 6.21. The van der Waals surface area contributed by atoms with Crippen LogP contribution < -0.4 is 14.8 Å². The summed E-state index contributed by atoms with van der Waals surface area (Å²) in [6, 6.07) is 4.31. The minimum absolute atomic E-state index is 0.520. The minimum Gasteiger partial charge on any atom is -0.493 e. The molecule has 0 amide bonds. The second-order valence-corrected chi connectivity index (χ2v) is 5.26. The molecule has 0 radical (unpaired) electrons. The van der Waals surface area contributed by atoms with Gasteiger partial charge in [-0.05, 0) is 47.9 Å². The van der Waals surface area contributed by atoms with Crippen LogP contribution in [-0.2, 0) is 12.8 Å². The predicted octanol–water partition coefficient (Wildman–Crippen LogP) is 1.78. The number of benzene rings is 1. The Labute approximate surface area is 102 Å². The highest BCUT2D eigenvalue weighted by atomic mass is 16.5. The average Bonchev–Trinajstić information content (AvgIpc) is 2.34. The van der Waals surface area contributed by atoms with E-state index in [1.165, 1.54) is 37.1 Å². The molecule has 1 aliphatic carbocycles. The number of ether oxygens (including phenoxy) is 2. The van der Waals surface area contributed by atoms with Crippen molar-refractivity contribution in [3.63, 3.8) is 0 Å². The van der Waals surface area contributed by atoms with Gasteiger partial charge in [0.05, 0.1) is 14.2 Å². The number of methoxy groups -OCH3 is 2. The topological polar surface area (TPSA) is 30.5 Å². The maximum atomic E-state index is 5.38. The van der Waals surface area contributed by atoms with Crippen molar-refractivity contribution in [2.75, 3.05) is 27.3 Å². The summed E-state index contributed by atoms with van der Waals surface area (Å²) in [5.41, 5.74) is 3.39. The van der Waals surface area contributed by atoms with E-state index < -0.39 is 0 Å². The van der Waals surface area contributed by atoms with E-state index in [0.717, 1.165) is 17.9 Å². The molecule has 92 valence electrons. The quantitative estimate of drug-likeness (QED) is 0.844. The highest BCUT2D eigenvalue weighted by Gasteiger charge is 2.39. The SMILES string of the molecule is COc1cc2c(cc1OC)CC1(CC2)CNC1. The lowest BCUT2D eigenvalue weighted by Crippen LogP contribution is -2.56. The molecule has 3 rings (SSSR count). The molecular weight excluding hydrogens is 214 g/mol. The third-order valence-corrected chi connectivity index (χ3v) is 4.20. The lowest BCUT2D eigenvalue weighted by molar-refractivity contribution is 0.143. The molecular formula is C14H19NO2. The first kappa shape index (κ1) is 10.9. The normalized spacial score (nSPS) is 20.6. The van der Waals surface area contributed by atoms with Gasteiger partial charge >= 0.3 is 0 Å². The van der Waals surface area contributed by atoms with E-state index in [2.05, 4.69) is 17.4 Å². The van der Waals surface area contributed by atoms with Crippen LogP contribution in [0.3, 0.4) is 0 Å². The lowest BCUT2D eigenvalue weighted by atomic mass is 9.68. The number of hydrogen-bond donors (Lipinski definition) is 1. The van der Waals surface area contributed by atoms with Gasteiger partial charge in [-0.2, -0.15) is 0 Å². The predicted molar refractivity (Wildman–Crippen MR) is 66.9 cm³/mol. The van der Waals surface area contributed by atoms with Gasteiger partial charge in [-0.1, -0.05) is 0 Å². The fraction of sp³-hybridized carbons (Fsp3) is 0.571. The van der Waals surface area contributed by atoms with Crippen LogP contribution in [0.5, 0.6) is 11.5 Å². The summed E-state index contributed by atoms with van der Waals surface area (Å²) in [5.74, 6) is 1.71. The van der Waals surface area contributed by atoms with Gasteiger partial charge in [-0.25, -0.2) is 0 Å². The molecule has 1 aliphatic heterocycles. The summed E-state index contributed by atoms with van der Waals surface area (Å²) < 4.78 is 10.7. The summed E-state index contributed by atoms with van der Waals surface area (Å²) in [6.07, 6.45) is 3.63. The highest BCUT2D eigenvalue weighted by molar-refractivity contribution is 5.49. The molecule has 0 atom stereocenters. The Morgan fingerprint density at radius 3 is 2.24 bits per heavy atom. The monoisotopic (exact) mass is 233 g/mol. The number of hydrogen-bond acceptors (Lipinski definition) is 3. The molecule has 1 heterocycles. The van der Waals surface area contributed by atoms with Crippen molar-refractivity contribution in [1.29, 1.82) is 0 Å². The molecule has 1 N–H and O–H groups in total. The van der Waals surface area contributed by atoms with Crippen molar-refractivity contribution in [1.82, 2.24) is 5.32 Å². The van der Waals surface area contributed by atoms with E-state index in [-0.39, 0.29) is 0 Å². The van der Waals surface area contributed by atoms with Gasteiger partial charge in [0.15, 0.2) is 11.5 Å². The van der Waals surface area contributed by atoms with Gasteiger partial charge in [-0.15, -0.1) is 0 Å². The van der Waals surface area contributed by atoms with Gasteiger partial charge in [0, 0.05) is 13.1 Å². The van der Waals surface area contributed by atoms with E-state index in [0.29, 0.717) is 5.41 Å². The molecule has 2 aliphatic rings. The molecule has 0 bridgehead atoms. The van der Waals surface area contributed by atoms with Crippen LogP contribution in [0.1, 0.15) is 17.5 Å². The summed E-state index contributed by atoms with van der Waals surface area (Å²) in [5, 5.41) is 3.40. The van der Waals surface area contributed by atoms with E-state index >= 15 is 0 Å². The van der Waals surface area contributed by atoms with Crippen molar-refractivity contribution in [3.05, 3.63) is 23.3 Å². The van der Waals surface area contributed by atoms with Crippen LogP contribution >= 0.6 is 0 Å². The fourth-order valence-electron chi connectivity index (χ4n) is 3.03. The van der Waals surface area contributed by atoms with Crippen molar-refractivity contribution in [2.24, 2.45) is 5.41 Å². The molecule has 3 nitrogen and oxygen atoms in total. The second-order valence-electron chi connectivity index (χ2n) is 5.26. The smallest absolute Gasteiger partial charge is 0.161 e. The van der Waals surface area contributed by atoms with Crippen molar-refractivity contribution in [3.8, 4) is 11.5 Å². The molecule has 1 saturated heterocycles. The minimum atomic E-state index is 0.520. The van der Waals surface area contributed by atoms with E-state index in [1.54, 1.807) is 14.2 Å². The van der Waals surface area contributed by atoms with Gasteiger partial charge in [0.25, 0.3) is 0 Å². The fourth-order valence-corrected chi connectivity index (χ4v) is 3.03. The molecule has 0 aromatic heterocycles. The van der Waals surface area contributed by atoms with Crippen LogP contribution in [-0.4, -0.2) is 27.3 Å². The number of rotatable bonds is 2. The molecule has 1 fully saturated rings. The molecule has 3 heteroatoms. The van der Waals surface area contributed by atoms with Crippen LogP contribution in [0.15, 0.2) is 12.1 Å².